The van der Waals surface area contributed by atoms with Crippen molar-refractivity contribution < 1.29 is 20.1 Å². The second-order valence-corrected chi connectivity index (χ2v) is 5.09. The zero-order valence-corrected chi connectivity index (χ0v) is 11.1. The monoisotopic (exact) mass is 272 g/mol. The van der Waals surface area contributed by atoms with Gasteiger partial charge in [0.2, 0.25) is 0 Å². The number of fused-ring (bicyclic) bond motifs is 1. The highest BCUT2D eigenvalue weighted by Crippen LogP contribution is 2.44. The number of benzene rings is 2. The van der Waals surface area contributed by atoms with Crippen LogP contribution in [0.1, 0.15) is 28.7 Å². The van der Waals surface area contributed by atoms with Gasteiger partial charge >= 0.3 is 0 Å². The molecule has 0 amide bonds. The van der Waals surface area contributed by atoms with E-state index in [0.717, 1.165) is 5.56 Å². The van der Waals surface area contributed by atoms with E-state index in [1.54, 1.807) is 37.3 Å². The van der Waals surface area contributed by atoms with Crippen molar-refractivity contribution in [3.8, 4) is 17.2 Å². The van der Waals surface area contributed by atoms with Crippen LogP contribution in [0.2, 0.25) is 0 Å². The number of aliphatic hydroxyl groups is 1. The van der Waals surface area contributed by atoms with Gasteiger partial charge in [-0.25, -0.2) is 0 Å². The predicted molar refractivity (Wildman–Crippen MR) is 74.1 cm³/mol. The summed E-state index contributed by atoms with van der Waals surface area (Å²) in [6.45, 7) is 2.07. The molecule has 0 aliphatic carbocycles. The molecule has 3 N–H and O–H groups in total. The lowest BCUT2D eigenvalue weighted by Gasteiger charge is -2.31. The second-order valence-electron chi connectivity index (χ2n) is 5.09. The van der Waals surface area contributed by atoms with Crippen molar-refractivity contribution >= 4 is 0 Å². The topological polar surface area (TPSA) is 69.9 Å². The molecular formula is C16H16O4. The maximum absolute atomic E-state index is 10.5. The van der Waals surface area contributed by atoms with E-state index in [9.17, 15) is 15.3 Å². The van der Waals surface area contributed by atoms with Crippen LogP contribution < -0.4 is 4.74 Å². The first kappa shape index (κ1) is 12.8. The Morgan fingerprint density at radius 2 is 1.95 bits per heavy atom. The first-order valence-electron chi connectivity index (χ1n) is 6.50. The van der Waals surface area contributed by atoms with E-state index in [1.165, 1.54) is 0 Å². The Hall–Kier alpha value is -2.20. The van der Waals surface area contributed by atoms with E-state index < -0.39 is 6.10 Å². The van der Waals surface area contributed by atoms with Crippen molar-refractivity contribution in [3.63, 3.8) is 0 Å². The highest BCUT2D eigenvalue weighted by Gasteiger charge is 2.32. The Morgan fingerprint density at radius 3 is 2.70 bits per heavy atom. The van der Waals surface area contributed by atoms with Crippen LogP contribution in [0, 0.1) is 6.92 Å². The summed E-state index contributed by atoms with van der Waals surface area (Å²) >= 11 is 0. The van der Waals surface area contributed by atoms with Crippen molar-refractivity contribution in [1.82, 2.24) is 0 Å². The summed E-state index contributed by atoms with van der Waals surface area (Å²) in [7, 11) is 0. The van der Waals surface area contributed by atoms with Gasteiger partial charge in [-0.3, -0.25) is 0 Å². The van der Waals surface area contributed by atoms with Crippen molar-refractivity contribution in [3.05, 3.63) is 53.1 Å². The Bertz CT molecular complexity index is 651. The molecule has 0 radical (unpaired) electrons. The lowest BCUT2D eigenvalue weighted by molar-refractivity contribution is 0.0881. The Labute approximate surface area is 116 Å². The molecule has 0 saturated heterocycles. The third-order valence-electron chi connectivity index (χ3n) is 3.81. The third-order valence-corrected chi connectivity index (χ3v) is 3.81. The van der Waals surface area contributed by atoms with Crippen LogP contribution in [-0.4, -0.2) is 21.9 Å². The number of phenolic OH excluding ortho intramolecular Hbond substituents is 2. The molecular weight excluding hydrogens is 256 g/mol. The standard InChI is InChI=1S/C16H16O4/c1-9-14(18)6-5-12-15(19)13(8-20-16(9)12)10-3-2-4-11(17)7-10/h2-7,13,15,17-19H,8H2,1H3. The van der Waals surface area contributed by atoms with Gasteiger partial charge in [0.05, 0.1) is 12.7 Å². The average molecular weight is 272 g/mol. The average Bonchev–Trinajstić information content (AvgIpc) is 2.43. The fraction of sp³-hybridized carbons (Fsp3) is 0.250. The second kappa shape index (κ2) is 4.72. The molecule has 0 bridgehead atoms. The fourth-order valence-corrected chi connectivity index (χ4v) is 2.64. The van der Waals surface area contributed by atoms with Gasteiger partial charge in [-0.1, -0.05) is 12.1 Å². The van der Waals surface area contributed by atoms with Crippen LogP contribution in [0.4, 0.5) is 0 Å². The highest BCUT2D eigenvalue weighted by molar-refractivity contribution is 5.51. The van der Waals surface area contributed by atoms with E-state index in [0.29, 0.717) is 23.5 Å². The molecule has 2 unspecified atom stereocenters. The van der Waals surface area contributed by atoms with Crippen LogP contribution in [0.3, 0.4) is 0 Å². The molecule has 1 heterocycles. The first-order valence-corrected chi connectivity index (χ1v) is 6.50. The third kappa shape index (κ3) is 1.98. The number of rotatable bonds is 1. The summed E-state index contributed by atoms with van der Waals surface area (Å²) in [5.41, 5.74) is 2.13. The Morgan fingerprint density at radius 1 is 1.15 bits per heavy atom. The number of aromatic hydroxyl groups is 2. The molecule has 0 saturated carbocycles. The predicted octanol–water partition coefficient (Wildman–Crippen LogP) is 2.62. The summed E-state index contributed by atoms with van der Waals surface area (Å²) in [5.74, 6) is 0.640. The van der Waals surface area contributed by atoms with Crippen molar-refractivity contribution in [2.24, 2.45) is 0 Å². The molecule has 4 nitrogen and oxygen atoms in total. The van der Waals surface area contributed by atoms with Crippen LogP contribution >= 0.6 is 0 Å². The molecule has 2 aromatic rings. The van der Waals surface area contributed by atoms with E-state index in [4.69, 9.17) is 4.74 Å². The normalized spacial score (nSPS) is 21.1. The molecule has 4 heteroatoms. The quantitative estimate of drug-likeness (QED) is 0.746. The number of hydrogen-bond donors (Lipinski definition) is 3. The van der Waals surface area contributed by atoms with E-state index in [-0.39, 0.29) is 17.4 Å². The lowest BCUT2D eigenvalue weighted by atomic mass is 9.86. The fourth-order valence-electron chi connectivity index (χ4n) is 2.64. The van der Waals surface area contributed by atoms with Gasteiger partial charge < -0.3 is 20.1 Å². The molecule has 0 spiro atoms. The Balaban J connectivity index is 2.01. The summed E-state index contributed by atoms with van der Waals surface area (Å²) in [5, 5.41) is 29.8. The minimum atomic E-state index is -0.722. The van der Waals surface area contributed by atoms with E-state index >= 15 is 0 Å². The van der Waals surface area contributed by atoms with Gasteiger partial charge in [-0.15, -0.1) is 0 Å². The van der Waals surface area contributed by atoms with Crippen molar-refractivity contribution in [1.29, 1.82) is 0 Å². The van der Waals surface area contributed by atoms with E-state index in [1.807, 2.05) is 6.07 Å². The zero-order valence-electron chi connectivity index (χ0n) is 11.1. The van der Waals surface area contributed by atoms with Crippen LogP contribution in [0.25, 0.3) is 0 Å². The maximum Gasteiger partial charge on any atom is 0.131 e. The lowest BCUT2D eigenvalue weighted by Crippen LogP contribution is -2.24. The summed E-state index contributed by atoms with van der Waals surface area (Å²) < 4.78 is 5.71. The number of ether oxygens (including phenoxy) is 1. The summed E-state index contributed by atoms with van der Waals surface area (Å²) in [4.78, 5) is 0. The van der Waals surface area contributed by atoms with Gasteiger partial charge in [-0.2, -0.15) is 0 Å². The van der Waals surface area contributed by atoms with Crippen molar-refractivity contribution in [2.45, 2.75) is 18.9 Å². The number of aliphatic hydroxyl groups excluding tert-OH is 1. The maximum atomic E-state index is 10.5. The molecule has 0 fully saturated rings. The van der Waals surface area contributed by atoms with Crippen molar-refractivity contribution in [2.75, 3.05) is 6.61 Å². The minimum absolute atomic E-state index is 0.159. The van der Waals surface area contributed by atoms with E-state index in [2.05, 4.69) is 0 Å². The molecule has 1 aliphatic heterocycles. The van der Waals surface area contributed by atoms with Gasteiger partial charge in [0.25, 0.3) is 0 Å². The molecule has 1 aliphatic rings. The van der Waals surface area contributed by atoms with Gasteiger partial charge in [0, 0.05) is 17.0 Å². The molecule has 20 heavy (non-hydrogen) atoms. The first-order chi connectivity index (χ1) is 9.58. The van der Waals surface area contributed by atoms with Crippen LogP contribution in [-0.2, 0) is 0 Å². The molecule has 104 valence electrons. The summed E-state index contributed by atoms with van der Waals surface area (Å²) in [6, 6.07) is 10.1. The molecule has 3 rings (SSSR count). The molecule has 2 aromatic carbocycles. The van der Waals surface area contributed by atoms with Gasteiger partial charge in [0.1, 0.15) is 17.2 Å². The minimum Gasteiger partial charge on any atom is -0.508 e. The number of phenols is 2. The van der Waals surface area contributed by atoms with Gasteiger partial charge in [-0.05, 0) is 36.8 Å². The van der Waals surface area contributed by atoms with Gasteiger partial charge in [0.15, 0.2) is 0 Å². The highest BCUT2D eigenvalue weighted by atomic mass is 16.5. The summed E-state index contributed by atoms with van der Waals surface area (Å²) in [6.07, 6.45) is -0.722. The Kier molecular flexibility index (Phi) is 3.03. The largest absolute Gasteiger partial charge is 0.508 e. The number of hydrogen-bond acceptors (Lipinski definition) is 4. The smallest absolute Gasteiger partial charge is 0.131 e. The zero-order chi connectivity index (χ0) is 14.3. The van der Waals surface area contributed by atoms with Crippen LogP contribution in [0.15, 0.2) is 36.4 Å². The molecule has 2 atom stereocenters. The van der Waals surface area contributed by atoms with Crippen LogP contribution in [0.5, 0.6) is 17.2 Å². The SMILES string of the molecule is Cc1c(O)ccc2c1OCC(c1cccc(O)c1)C2O. The molecule has 0 aromatic heterocycles.